The summed E-state index contributed by atoms with van der Waals surface area (Å²) in [5.41, 5.74) is 5.70. The normalized spacial score (nSPS) is 11.8. The number of aromatic nitrogens is 8. The van der Waals surface area contributed by atoms with Gasteiger partial charge in [-0.25, -0.2) is 9.89 Å². The number of tetrazole rings is 1. The van der Waals surface area contributed by atoms with Crippen LogP contribution in [0.5, 0.6) is 0 Å². The lowest BCUT2D eigenvalue weighted by molar-refractivity contribution is 0.581. The average Bonchev–Trinajstić information content (AvgIpc) is 3.64. The molecule has 0 radical (unpaired) electrons. The second-order valence-corrected chi connectivity index (χ2v) is 10.7. The molecule has 1 N–H and O–H groups in total. The number of pyridine rings is 1. The number of aryl methyl sites for hydroxylation is 2. The topological polar surface area (TPSA) is 99.2 Å². The standard InChI is InChI=1S/C29H34N8O/c1-6-7-10-22-19-37(27-25(29(2,3)4)15-16-35(27)5)28(38)36(22)18-21-14-13-20(17-30-21)23-11-8-9-12-24(23)26-31-33-34-32-26/h8-9,11-17,19H,6-7,10,18H2,1-5H3,(H,31,32,33,34). The van der Waals surface area contributed by atoms with E-state index in [1.54, 1.807) is 0 Å². The summed E-state index contributed by atoms with van der Waals surface area (Å²) in [5.74, 6) is 1.52. The Balaban J connectivity index is 1.50. The second kappa shape index (κ2) is 10.2. The minimum Gasteiger partial charge on any atom is -0.337 e. The monoisotopic (exact) mass is 510 g/mol. The maximum Gasteiger partial charge on any atom is 0.334 e. The number of hydrogen-bond acceptors (Lipinski definition) is 5. The molecule has 0 aliphatic carbocycles. The van der Waals surface area contributed by atoms with Gasteiger partial charge in [-0.1, -0.05) is 64.4 Å². The predicted octanol–water partition coefficient (Wildman–Crippen LogP) is 4.91. The molecule has 0 saturated heterocycles. The van der Waals surface area contributed by atoms with Crippen molar-refractivity contribution < 1.29 is 0 Å². The summed E-state index contributed by atoms with van der Waals surface area (Å²) >= 11 is 0. The fraction of sp³-hybridized carbons (Fsp3) is 0.345. The van der Waals surface area contributed by atoms with Crippen LogP contribution in [0.1, 0.15) is 57.5 Å². The number of hydrogen-bond donors (Lipinski definition) is 1. The Labute approximate surface area is 222 Å². The van der Waals surface area contributed by atoms with E-state index in [0.29, 0.717) is 12.4 Å². The van der Waals surface area contributed by atoms with E-state index < -0.39 is 0 Å². The molecule has 0 spiro atoms. The molecule has 0 aliphatic heterocycles. The highest BCUT2D eigenvalue weighted by molar-refractivity contribution is 5.79. The number of benzene rings is 1. The van der Waals surface area contributed by atoms with E-state index in [-0.39, 0.29) is 11.1 Å². The Morgan fingerprint density at radius 2 is 1.82 bits per heavy atom. The SMILES string of the molecule is CCCCc1cn(-c2c(C(C)(C)C)ccn2C)c(=O)n1Cc1ccc(-c2ccccc2-c2nnn[nH]2)cn1. The molecule has 5 aromatic rings. The third-order valence-electron chi connectivity index (χ3n) is 6.91. The number of nitrogens with zero attached hydrogens (tertiary/aromatic N) is 7. The average molecular weight is 511 g/mol. The van der Waals surface area contributed by atoms with Gasteiger partial charge in [0.1, 0.15) is 5.82 Å². The Morgan fingerprint density at radius 3 is 2.47 bits per heavy atom. The molecular formula is C29H34N8O. The fourth-order valence-corrected chi connectivity index (χ4v) is 4.87. The zero-order chi connectivity index (χ0) is 26.9. The molecule has 0 fully saturated rings. The van der Waals surface area contributed by atoms with Gasteiger partial charge in [0, 0.05) is 48.0 Å². The van der Waals surface area contributed by atoms with Crippen molar-refractivity contribution in [1.29, 1.82) is 0 Å². The number of H-pyrrole nitrogens is 1. The Bertz CT molecular complexity index is 1580. The van der Waals surface area contributed by atoms with Gasteiger partial charge in [-0.3, -0.25) is 14.1 Å². The van der Waals surface area contributed by atoms with Crippen LogP contribution in [0.4, 0.5) is 0 Å². The predicted molar refractivity (Wildman–Crippen MR) is 148 cm³/mol. The quantitative estimate of drug-likeness (QED) is 0.320. The lowest BCUT2D eigenvalue weighted by Crippen LogP contribution is -2.27. The van der Waals surface area contributed by atoms with Gasteiger partial charge < -0.3 is 4.57 Å². The van der Waals surface area contributed by atoms with Crippen LogP contribution in [-0.2, 0) is 25.4 Å². The van der Waals surface area contributed by atoms with Crippen LogP contribution in [0.3, 0.4) is 0 Å². The molecule has 0 bridgehead atoms. The minimum absolute atomic E-state index is 0.0440. The summed E-state index contributed by atoms with van der Waals surface area (Å²) in [4.78, 5) is 18.6. The van der Waals surface area contributed by atoms with Gasteiger partial charge in [0.05, 0.1) is 12.2 Å². The fourth-order valence-electron chi connectivity index (χ4n) is 4.87. The van der Waals surface area contributed by atoms with Gasteiger partial charge in [-0.15, -0.1) is 5.10 Å². The van der Waals surface area contributed by atoms with E-state index in [4.69, 9.17) is 4.98 Å². The molecule has 0 aliphatic rings. The summed E-state index contributed by atoms with van der Waals surface area (Å²) in [6.45, 7) is 9.10. The van der Waals surface area contributed by atoms with Crippen LogP contribution >= 0.6 is 0 Å². The third-order valence-corrected chi connectivity index (χ3v) is 6.91. The van der Waals surface area contributed by atoms with Crippen molar-refractivity contribution in [3.63, 3.8) is 0 Å². The number of unbranched alkanes of at least 4 members (excludes halogenated alkanes) is 1. The van der Waals surface area contributed by atoms with E-state index in [1.165, 1.54) is 0 Å². The zero-order valence-electron chi connectivity index (χ0n) is 22.6. The number of nitrogens with one attached hydrogen (secondary N) is 1. The highest BCUT2D eigenvalue weighted by Crippen LogP contribution is 2.30. The first-order chi connectivity index (χ1) is 18.3. The summed E-state index contributed by atoms with van der Waals surface area (Å²) in [6, 6.07) is 14.1. The summed E-state index contributed by atoms with van der Waals surface area (Å²) < 4.78 is 5.71. The maximum atomic E-state index is 13.8. The molecule has 0 atom stereocenters. The van der Waals surface area contributed by atoms with Gasteiger partial charge >= 0.3 is 5.69 Å². The minimum atomic E-state index is -0.0861. The lowest BCUT2D eigenvalue weighted by atomic mass is 9.88. The van der Waals surface area contributed by atoms with E-state index in [0.717, 1.165) is 58.7 Å². The molecule has 0 saturated carbocycles. The van der Waals surface area contributed by atoms with Crippen LogP contribution in [0.2, 0.25) is 0 Å². The molecule has 1 aromatic carbocycles. The molecule has 38 heavy (non-hydrogen) atoms. The van der Waals surface area contributed by atoms with E-state index >= 15 is 0 Å². The molecule has 0 amide bonds. The number of rotatable bonds is 8. The molecule has 0 unspecified atom stereocenters. The molecule has 9 nitrogen and oxygen atoms in total. The van der Waals surface area contributed by atoms with Crippen LogP contribution in [0, 0.1) is 0 Å². The van der Waals surface area contributed by atoms with Crippen molar-refractivity contribution in [1.82, 2.24) is 39.3 Å². The smallest absolute Gasteiger partial charge is 0.334 e. The maximum absolute atomic E-state index is 13.8. The Kier molecular flexibility index (Phi) is 6.84. The number of aromatic amines is 1. The molecule has 4 heterocycles. The highest BCUT2D eigenvalue weighted by Gasteiger charge is 2.24. The summed E-state index contributed by atoms with van der Waals surface area (Å²) in [6.07, 6.45) is 8.80. The lowest BCUT2D eigenvalue weighted by Gasteiger charge is -2.20. The largest absolute Gasteiger partial charge is 0.337 e. The van der Waals surface area contributed by atoms with Gasteiger partial charge in [0.2, 0.25) is 0 Å². The van der Waals surface area contributed by atoms with Gasteiger partial charge in [-0.2, -0.15) is 0 Å². The van der Waals surface area contributed by atoms with Gasteiger partial charge in [0.15, 0.2) is 5.82 Å². The van der Waals surface area contributed by atoms with Crippen LogP contribution in [-0.4, -0.2) is 39.3 Å². The van der Waals surface area contributed by atoms with Crippen molar-refractivity contribution in [3.05, 3.63) is 88.5 Å². The molecular weight excluding hydrogens is 476 g/mol. The van der Waals surface area contributed by atoms with Crippen molar-refractivity contribution in [2.75, 3.05) is 0 Å². The van der Waals surface area contributed by atoms with E-state index in [9.17, 15) is 4.79 Å². The molecule has 5 rings (SSSR count). The third kappa shape index (κ3) is 4.83. The second-order valence-electron chi connectivity index (χ2n) is 10.7. The molecule has 4 aromatic heterocycles. The van der Waals surface area contributed by atoms with Crippen LogP contribution in [0.25, 0.3) is 28.3 Å². The zero-order valence-corrected chi connectivity index (χ0v) is 22.6. The summed E-state index contributed by atoms with van der Waals surface area (Å²) in [7, 11) is 1.99. The molecule has 9 heteroatoms. The van der Waals surface area contributed by atoms with E-state index in [2.05, 4.69) is 54.4 Å². The van der Waals surface area contributed by atoms with E-state index in [1.807, 2.05) is 75.7 Å². The number of imidazole rings is 1. The van der Waals surface area contributed by atoms with Crippen molar-refractivity contribution in [3.8, 4) is 28.3 Å². The summed E-state index contributed by atoms with van der Waals surface area (Å²) in [5, 5.41) is 14.3. The first kappa shape index (κ1) is 25.4. The van der Waals surface area contributed by atoms with Gasteiger partial charge in [-0.05, 0) is 46.4 Å². The van der Waals surface area contributed by atoms with Crippen molar-refractivity contribution >= 4 is 0 Å². The Hall–Kier alpha value is -4.27. The van der Waals surface area contributed by atoms with Crippen LogP contribution in [0.15, 0.2) is 65.8 Å². The first-order valence-corrected chi connectivity index (χ1v) is 13.0. The van der Waals surface area contributed by atoms with Gasteiger partial charge in [0.25, 0.3) is 0 Å². The molecule has 196 valence electrons. The first-order valence-electron chi connectivity index (χ1n) is 13.0. The highest BCUT2D eigenvalue weighted by atomic mass is 16.1. The Morgan fingerprint density at radius 1 is 1.03 bits per heavy atom. The van der Waals surface area contributed by atoms with Crippen molar-refractivity contribution in [2.24, 2.45) is 7.05 Å². The van der Waals surface area contributed by atoms with Crippen molar-refractivity contribution in [2.45, 2.75) is 58.9 Å². The van der Waals surface area contributed by atoms with Crippen LogP contribution < -0.4 is 5.69 Å².